The van der Waals surface area contributed by atoms with Gasteiger partial charge in [-0.2, -0.15) is 0 Å². The fourth-order valence-corrected chi connectivity index (χ4v) is 1.34. The fraction of sp³-hybridized carbons (Fsp3) is 0.875. The van der Waals surface area contributed by atoms with E-state index in [-0.39, 0.29) is 12.4 Å². The van der Waals surface area contributed by atoms with E-state index in [1.807, 2.05) is 0 Å². The molecule has 1 saturated heterocycles. The number of halogens is 1. The van der Waals surface area contributed by atoms with Crippen LogP contribution in [0.2, 0.25) is 0 Å². The quantitative estimate of drug-likeness (QED) is 0.417. The number of carbonyl (C=O) groups excluding carboxylic acids is 1. The van der Waals surface area contributed by atoms with Gasteiger partial charge in [0.15, 0.2) is 0 Å². The van der Waals surface area contributed by atoms with E-state index in [0.29, 0.717) is 5.78 Å². The van der Waals surface area contributed by atoms with Gasteiger partial charge in [0.05, 0.1) is 39.5 Å². The van der Waals surface area contributed by atoms with Crippen molar-refractivity contribution in [3.05, 3.63) is 0 Å². The van der Waals surface area contributed by atoms with Gasteiger partial charge in [-0.1, -0.05) is 0 Å². The van der Waals surface area contributed by atoms with Crippen molar-refractivity contribution in [2.75, 3.05) is 26.7 Å². The zero-order valence-corrected chi connectivity index (χ0v) is 8.02. The molecule has 66 valence electrons. The molecule has 0 atom stereocenters. The highest BCUT2D eigenvalue weighted by atomic mass is 35.5. The molecule has 0 amide bonds. The third kappa shape index (κ3) is 2.80. The summed E-state index contributed by atoms with van der Waals surface area (Å²) >= 11 is 0. The standard InChI is InChI=1S/C8H16NO.ClH/c1-3-9(2)6-4-8(10)5-7-9;/h3-7H2,1-2H3;1H/q+1;/p-1. The van der Waals surface area contributed by atoms with Crippen LogP contribution in [0.3, 0.4) is 0 Å². The summed E-state index contributed by atoms with van der Waals surface area (Å²) in [6, 6.07) is 0. The van der Waals surface area contributed by atoms with Crippen LogP contribution < -0.4 is 12.4 Å². The summed E-state index contributed by atoms with van der Waals surface area (Å²) < 4.78 is 1.09. The zero-order valence-electron chi connectivity index (χ0n) is 7.27. The Kier molecular flexibility index (Phi) is 4.04. The lowest BCUT2D eigenvalue weighted by atomic mass is 10.1. The largest absolute Gasteiger partial charge is 1.00 e. The Balaban J connectivity index is 0.000001000. The molecule has 0 radical (unpaired) electrons. The van der Waals surface area contributed by atoms with Crippen LogP contribution in [0.15, 0.2) is 0 Å². The van der Waals surface area contributed by atoms with Gasteiger partial charge in [0, 0.05) is 0 Å². The molecule has 0 spiro atoms. The highest BCUT2D eigenvalue weighted by Gasteiger charge is 2.26. The summed E-state index contributed by atoms with van der Waals surface area (Å²) in [6.07, 6.45) is 1.59. The van der Waals surface area contributed by atoms with Crippen LogP contribution in [0.1, 0.15) is 19.8 Å². The summed E-state index contributed by atoms with van der Waals surface area (Å²) in [6.45, 7) is 5.45. The van der Waals surface area contributed by atoms with Crippen LogP contribution in [-0.2, 0) is 4.79 Å². The molecule has 0 bridgehead atoms. The molecule has 11 heavy (non-hydrogen) atoms. The molecule has 1 aliphatic heterocycles. The second kappa shape index (κ2) is 4.07. The lowest BCUT2D eigenvalue weighted by Gasteiger charge is -2.36. The molecule has 1 rings (SSSR count). The van der Waals surface area contributed by atoms with Crippen LogP contribution >= 0.6 is 0 Å². The number of quaternary nitrogens is 1. The molecular weight excluding hydrogens is 162 g/mol. The highest BCUT2D eigenvalue weighted by Crippen LogP contribution is 2.12. The molecule has 1 aliphatic rings. The van der Waals surface area contributed by atoms with Gasteiger partial charge in [-0.05, 0) is 6.92 Å². The lowest BCUT2D eigenvalue weighted by molar-refractivity contribution is -0.909. The van der Waals surface area contributed by atoms with E-state index in [1.54, 1.807) is 0 Å². The second-order valence-electron chi connectivity index (χ2n) is 3.42. The van der Waals surface area contributed by atoms with E-state index in [2.05, 4.69) is 14.0 Å². The number of ketones is 1. The molecule has 0 N–H and O–H groups in total. The summed E-state index contributed by atoms with van der Waals surface area (Å²) in [5, 5.41) is 0. The van der Waals surface area contributed by atoms with Crippen molar-refractivity contribution in [3.63, 3.8) is 0 Å². The van der Waals surface area contributed by atoms with Gasteiger partial charge >= 0.3 is 0 Å². The number of piperidine rings is 1. The van der Waals surface area contributed by atoms with E-state index in [1.165, 1.54) is 0 Å². The van der Waals surface area contributed by atoms with Gasteiger partial charge in [-0.15, -0.1) is 0 Å². The Bertz CT molecular complexity index is 137. The average Bonchev–Trinajstić information content (AvgIpc) is 1.96. The number of hydrogen-bond acceptors (Lipinski definition) is 1. The van der Waals surface area contributed by atoms with Gasteiger partial charge in [0.1, 0.15) is 5.78 Å². The van der Waals surface area contributed by atoms with Crippen molar-refractivity contribution in [2.24, 2.45) is 0 Å². The van der Waals surface area contributed by atoms with Crippen LogP contribution in [0.5, 0.6) is 0 Å². The minimum Gasteiger partial charge on any atom is -1.00 e. The van der Waals surface area contributed by atoms with Crippen LogP contribution in [0, 0.1) is 0 Å². The first-order valence-corrected chi connectivity index (χ1v) is 4.01. The molecule has 0 aromatic carbocycles. The molecule has 1 heterocycles. The Hall–Kier alpha value is -0.0800. The average molecular weight is 178 g/mol. The van der Waals surface area contributed by atoms with E-state index in [4.69, 9.17) is 0 Å². The number of nitrogens with zero attached hydrogens (tertiary/aromatic N) is 1. The Labute approximate surface area is 74.6 Å². The van der Waals surface area contributed by atoms with Gasteiger partial charge in [0.2, 0.25) is 0 Å². The van der Waals surface area contributed by atoms with Crippen molar-refractivity contribution >= 4 is 5.78 Å². The molecule has 0 unspecified atom stereocenters. The van der Waals surface area contributed by atoms with Crippen LogP contribution in [-0.4, -0.2) is 36.9 Å². The Morgan fingerprint density at radius 2 is 1.82 bits per heavy atom. The smallest absolute Gasteiger partial charge is 0.144 e. The fourth-order valence-electron chi connectivity index (χ4n) is 1.34. The van der Waals surface area contributed by atoms with Gasteiger partial charge < -0.3 is 16.9 Å². The molecule has 2 nitrogen and oxygen atoms in total. The van der Waals surface area contributed by atoms with Gasteiger partial charge in [-0.25, -0.2) is 0 Å². The van der Waals surface area contributed by atoms with Gasteiger partial charge in [0.25, 0.3) is 0 Å². The molecule has 3 heteroatoms. The SMILES string of the molecule is CC[N+]1(C)CCC(=O)CC1.[Cl-]. The summed E-state index contributed by atoms with van der Waals surface area (Å²) in [5.74, 6) is 0.448. The summed E-state index contributed by atoms with van der Waals surface area (Å²) in [4.78, 5) is 10.9. The summed E-state index contributed by atoms with van der Waals surface area (Å²) in [5.41, 5.74) is 0. The molecule has 0 aliphatic carbocycles. The third-order valence-corrected chi connectivity index (χ3v) is 2.62. The predicted molar refractivity (Wildman–Crippen MR) is 40.7 cm³/mol. The maximum atomic E-state index is 10.9. The minimum atomic E-state index is 0. The topological polar surface area (TPSA) is 17.1 Å². The van der Waals surface area contributed by atoms with E-state index < -0.39 is 0 Å². The van der Waals surface area contributed by atoms with Crippen molar-refractivity contribution in [3.8, 4) is 0 Å². The van der Waals surface area contributed by atoms with Crippen LogP contribution in [0.4, 0.5) is 0 Å². The third-order valence-electron chi connectivity index (χ3n) is 2.62. The number of likely N-dealkylation sites (tertiary alicyclic amines) is 1. The molecule has 0 aromatic heterocycles. The first-order valence-electron chi connectivity index (χ1n) is 4.01. The first-order chi connectivity index (χ1) is 4.66. The number of rotatable bonds is 1. The summed E-state index contributed by atoms with van der Waals surface area (Å²) in [7, 11) is 2.23. The minimum absolute atomic E-state index is 0. The normalized spacial score (nSPS) is 22.5. The number of carbonyl (C=O) groups is 1. The maximum Gasteiger partial charge on any atom is 0.144 e. The Morgan fingerprint density at radius 3 is 2.18 bits per heavy atom. The van der Waals surface area contributed by atoms with Crippen molar-refractivity contribution in [1.29, 1.82) is 0 Å². The number of hydrogen-bond donors (Lipinski definition) is 0. The lowest BCUT2D eigenvalue weighted by Crippen LogP contribution is -3.00. The van der Waals surface area contributed by atoms with Crippen molar-refractivity contribution in [2.45, 2.75) is 19.8 Å². The molecule has 1 fully saturated rings. The van der Waals surface area contributed by atoms with E-state index >= 15 is 0 Å². The van der Waals surface area contributed by atoms with E-state index in [0.717, 1.165) is 37.0 Å². The molecular formula is C8H16ClNO. The maximum absolute atomic E-state index is 10.9. The first kappa shape index (κ1) is 10.9. The predicted octanol–water partition coefficient (Wildman–Crippen LogP) is -2.18. The monoisotopic (exact) mass is 177 g/mol. The zero-order chi connectivity index (χ0) is 7.61. The van der Waals surface area contributed by atoms with Crippen molar-refractivity contribution < 1.29 is 21.7 Å². The molecule has 0 aromatic rings. The van der Waals surface area contributed by atoms with Gasteiger partial charge in [-0.3, -0.25) is 4.79 Å². The highest BCUT2D eigenvalue weighted by molar-refractivity contribution is 5.78. The molecule has 0 saturated carbocycles. The van der Waals surface area contributed by atoms with E-state index in [9.17, 15) is 4.79 Å². The second-order valence-corrected chi connectivity index (χ2v) is 3.42. The van der Waals surface area contributed by atoms with Crippen molar-refractivity contribution in [1.82, 2.24) is 0 Å². The van der Waals surface area contributed by atoms with Crippen LogP contribution in [0.25, 0.3) is 0 Å². The number of Topliss-reactive ketones (excluding diaryl/α,β-unsaturated/α-hetero) is 1. The Morgan fingerprint density at radius 1 is 1.36 bits per heavy atom.